The lowest BCUT2D eigenvalue weighted by atomic mass is 10.1. The molecule has 18 heavy (non-hydrogen) atoms. The Hall–Kier alpha value is -1.64. The van der Waals surface area contributed by atoms with Crippen molar-refractivity contribution in [2.75, 3.05) is 19.8 Å². The van der Waals surface area contributed by atoms with Gasteiger partial charge in [-0.2, -0.15) is 0 Å². The molecule has 0 aliphatic carbocycles. The van der Waals surface area contributed by atoms with E-state index in [0.717, 1.165) is 11.6 Å². The molecule has 2 aliphatic heterocycles. The molecule has 0 aromatic rings. The first-order valence-corrected chi connectivity index (χ1v) is 5.52. The zero-order valence-electron chi connectivity index (χ0n) is 10.1. The van der Waals surface area contributed by atoms with Crippen LogP contribution < -0.4 is 10.6 Å². The summed E-state index contributed by atoms with van der Waals surface area (Å²) in [6, 6.07) is -0.910. The van der Waals surface area contributed by atoms with Crippen molar-refractivity contribution in [3.63, 3.8) is 0 Å². The van der Waals surface area contributed by atoms with Crippen LogP contribution in [-0.4, -0.2) is 64.2 Å². The quantitative estimate of drug-likeness (QED) is 0.391. The number of rotatable bonds is 1. The average Bonchev–Trinajstić information content (AvgIpc) is 2.34. The molecule has 2 aliphatic rings. The Labute approximate surface area is 105 Å². The minimum absolute atomic E-state index is 0.163. The van der Waals surface area contributed by atoms with Gasteiger partial charge in [-0.05, 0) is 6.92 Å². The maximum atomic E-state index is 10.4. The van der Waals surface area contributed by atoms with E-state index in [1.807, 2.05) is 6.08 Å². The van der Waals surface area contributed by atoms with E-state index in [4.69, 9.17) is 15.4 Å². The summed E-state index contributed by atoms with van der Waals surface area (Å²) in [6.45, 7) is 3.23. The highest BCUT2D eigenvalue weighted by Crippen LogP contribution is 2.00. The van der Waals surface area contributed by atoms with Gasteiger partial charge in [0.05, 0.1) is 19.0 Å². The highest BCUT2D eigenvalue weighted by Gasteiger charge is 2.28. The van der Waals surface area contributed by atoms with Crippen LogP contribution in [0.1, 0.15) is 6.92 Å². The predicted octanol–water partition coefficient (Wildman–Crippen LogP) is -1.43. The number of hydrogen-bond donors (Lipinski definition) is 5. The van der Waals surface area contributed by atoms with Crippen molar-refractivity contribution in [1.82, 2.24) is 15.7 Å². The molecule has 0 radical (unpaired) electrons. The predicted molar refractivity (Wildman–Crippen MR) is 64.2 cm³/mol. The second-order valence-electron chi connectivity index (χ2n) is 3.89. The topological polar surface area (TPSA) is 117 Å². The fraction of sp³-hybridized carbons (Fsp3) is 0.600. The van der Waals surface area contributed by atoms with Gasteiger partial charge in [0.1, 0.15) is 6.10 Å². The van der Waals surface area contributed by atoms with E-state index >= 15 is 0 Å². The fourth-order valence-electron chi connectivity index (χ4n) is 1.42. The minimum Gasteiger partial charge on any atom is -0.480 e. The highest BCUT2D eigenvalue weighted by atomic mass is 16.5. The van der Waals surface area contributed by atoms with Crippen molar-refractivity contribution in [2.45, 2.75) is 19.1 Å². The molecule has 8 nitrogen and oxygen atoms in total. The largest absolute Gasteiger partial charge is 0.480 e. The van der Waals surface area contributed by atoms with Gasteiger partial charge in [-0.25, -0.2) is 4.79 Å². The third-order valence-electron chi connectivity index (χ3n) is 2.34. The van der Waals surface area contributed by atoms with Crippen LogP contribution in [0.4, 0.5) is 0 Å². The van der Waals surface area contributed by atoms with Gasteiger partial charge in [0, 0.05) is 12.7 Å². The van der Waals surface area contributed by atoms with Crippen LogP contribution in [0.25, 0.3) is 0 Å². The maximum Gasteiger partial charge on any atom is 0.328 e. The molecule has 0 saturated carbocycles. The van der Waals surface area contributed by atoms with Crippen molar-refractivity contribution in [2.24, 2.45) is 4.99 Å². The highest BCUT2D eigenvalue weighted by molar-refractivity contribution is 5.87. The number of aliphatic imine (C=N–C) groups is 1. The first-order chi connectivity index (χ1) is 8.50. The van der Waals surface area contributed by atoms with Crippen LogP contribution in [0, 0.1) is 0 Å². The lowest BCUT2D eigenvalue weighted by Gasteiger charge is -2.24. The van der Waals surface area contributed by atoms with E-state index in [2.05, 4.69) is 15.6 Å². The molecule has 0 amide bonds. The number of aliphatic hydroxyl groups excluding tert-OH is 1. The van der Waals surface area contributed by atoms with E-state index in [9.17, 15) is 4.79 Å². The molecule has 8 heteroatoms. The lowest BCUT2D eigenvalue weighted by Crippen LogP contribution is -2.52. The van der Waals surface area contributed by atoms with Gasteiger partial charge in [0.2, 0.25) is 0 Å². The summed E-state index contributed by atoms with van der Waals surface area (Å²) in [7, 11) is 0. The molecule has 0 aromatic heterocycles. The normalized spacial score (nSPS) is 26.6. The first-order valence-electron chi connectivity index (χ1n) is 5.52. The van der Waals surface area contributed by atoms with E-state index in [1.165, 1.54) is 0 Å². The zero-order chi connectivity index (χ0) is 13.5. The summed E-state index contributed by atoms with van der Waals surface area (Å²) in [6.07, 6.45) is 2.57. The molecule has 0 spiro atoms. The molecule has 0 fully saturated rings. The van der Waals surface area contributed by atoms with Crippen molar-refractivity contribution in [3.8, 4) is 0 Å². The van der Waals surface area contributed by atoms with Crippen LogP contribution in [0.3, 0.4) is 0 Å². The van der Waals surface area contributed by atoms with Crippen LogP contribution in [0.15, 0.2) is 17.3 Å². The minimum atomic E-state index is -1.05. The van der Waals surface area contributed by atoms with Crippen LogP contribution in [-0.2, 0) is 4.79 Å². The van der Waals surface area contributed by atoms with Crippen molar-refractivity contribution < 1.29 is 20.2 Å². The monoisotopic (exact) mass is 258 g/mol. The Kier molecular flexibility index (Phi) is 5.56. The number of amidine groups is 1. The van der Waals surface area contributed by atoms with Gasteiger partial charge in [0.25, 0.3) is 0 Å². The van der Waals surface area contributed by atoms with E-state index in [1.54, 1.807) is 13.1 Å². The standard InChI is InChI=1S/C6H10N2O3.C4H8N2O/c1-3-7-2-4(9)5(8-3)6(10)11;7-6-3-1-2-5-4-6/h4-5,9H,2H2,1H3,(H,7,8)(H,10,11);1,3,5,7H,2,4H2/t4-,5-;/m0./s1. The van der Waals surface area contributed by atoms with Crippen molar-refractivity contribution >= 4 is 11.8 Å². The number of carbonyl (C=O) groups is 1. The third kappa shape index (κ3) is 4.70. The summed E-state index contributed by atoms with van der Waals surface area (Å²) in [5.74, 6) is -0.491. The molecule has 2 rings (SSSR count). The Bertz CT molecular complexity index is 345. The molecule has 2 atom stereocenters. The number of carboxylic acid groups (broad SMARTS) is 1. The molecule has 0 saturated heterocycles. The van der Waals surface area contributed by atoms with E-state index in [0.29, 0.717) is 12.5 Å². The number of carboxylic acids is 1. The van der Waals surface area contributed by atoms with E-state index < -0.39 is 18.1 Å². The lowest BCUT2D eigenvalue weighted by molar-refractivity contribution is -0.141. The maximum absolute atomic E-state index is 10.4. The number of hydroxylamine groups is 2. The molecule has 102 valence electrons. The molecule has 0 bridgehead atoms. The zero-order valence-corrected chi connectivity index (χ0v) is 10.1. The number of aliphatic hydroxyl groups is 1. The Morgan fingerprint density at radius 2 is 2.33 bits per heavy atom. The van der Waals surface area contributed by atoms with Crippen molar-refractivity contribution in [3.05, 3.63) is 12.3 Å². The van der Waals surface area contributed by atoms with Crippen LogP contribution in [0.5, 0.6) is 0 Å². The van der Waals surface area contributed by atoms with Gasteiger partial charge < -0.3 is 15.5 Å². The summed E-state index contributed by atoms with van der Waals surface area (Å²) >= 11 is 0. The van der Waals surface area contributed by atoms with Gasteiger partial charge in [-0.1, -0.05) is 6.08 Å². The summed E-state index contributed by atoms with van der Waals surface area (Å²) in [5.41, 5.74) is 0. The van der Waals surface area contributed by atoms with Gasteiger partial charge in [-0.3, -0.25) is 20.6 Å². The molecular formula is C10H18N4O4. The van der Waals surface area contributed by atoms with Crippen LogP contribution >= 0.6 is 0 Å². The van der Waals surface area contributed by atoms with Gasteiger partial charge in [0.15, 0.2) is 6.04 Å². The summed E-state index contributed by atoms with van der Waals surface area (Å²) in [5, 5.41) is 32.8. The Morgan fingerprint density at radius 1 is 1.61 bits per heavy atom. The van der Waals surface area contributed by atoms with Gasteiger partial charge in [-0.15, -0.1) is 0 Å². The molecule has 2 heterocycles. The van der Waals surface area contributed by atoms with Gasteiger partial charge >= 0.3 is 5.97 Å². The SMILES string of the molecule is CC1=NC[C@H](O)[C@@H](C(=O)O)N1.ON1C=CCNC1. The van der Waals surface area contributed by atoms with E-state index in [-0.39, 0.29) is 6.54 Å². The number of nitrogens with zero attached hydrogens (tertiary/aromatic N) is 2. The average molecular weight is 258 g/mol. The summed E-state index contributed by atoms with van der Waals surface area (Å²) < 4.78 is 0. The third-order valence-corrected chi connectivity index (χ3v) is 2.34. The molecule has 0 aromatic carbocycles. The van der Waals surface area contributed by atoms with Crippen molar-refractivity contribution in [1.29, 1.82) is 0 Å². The fourth-order valence-corrected chi connectivity index (χ4v) is 1.42. The number of hydrogen-bond acceptors (Lipinski definition) is 7. The summed E-state index contributed by atoms with van der Waals surface area (Å²) in [4.78, 5) is 14.3. The smallest absolute Gasteiger partial charge is 0.328 e. The molecule has 5 N–H and O–H groups in total. The molecule has 0 unspecified atom stereocenters. The molecular weight excluding hydrogens is 240 g/mol. The Balaban J connectivity index is 0.000000199. The number of nitrogens with one attached hydrogen (secondary N) is 2. The van der Waals surface area contributed by atoms with Crippen LogP contribution in [0.2, 0.25) is 0 Å². The second kappa shape index (κ2) is 6.94. The first kappa shape index (κ1) is 14.4. The second-order valence-corrected chi connectivity index (χ2v) is 3.89. The number of aliphatic carboxylic acids is 1. The Morgan fingerprint density at radius 3 is 2.72 bits per heavy atom.